The first-order valence-corrected chi connectivity index (χ1v) is 15.0. The fraction of sp³-hybridized carbons (Fsp3) is 0.0488. The highest BCUT2D eigenvalue weighted by atomic mass is 15.3. The second-order valence-electron chi connectivity index (χ2n) is 11.5. The van der Waals surface area contributed by atoms with Crippen molar-refractivity contribution in [1.82, 2.24) is 4.90 Å². The molecule has 43 heavy (non-hydrogen) atoms. The van der Waals surface area contributed by atoms with Crippen molar-refractivity contribution in [3.8, 4) is 22.3 Å². The van der Waals surface area contributed by atoms with Gasteiger partial charge in [-0.2, -0.15) is 0 Å². The van der Waals surface area contributed by atoms with Crippen LogP contribution in [0, 0.1) is 0 Å². The second kappa shape index (κ2) is 9.54. The maximum absolute atomic E-state index is 5.10. The van der Waals surface area contributed by atoms with Crippen LogP contribution in [0.25, 0.3) is 65.3 Å². The lowest BCUT2D eigenvalue weighted by atomic mass is 9.83. The van der Waals surface area contributed by atoms with Gasteiger partial charge in [-0.25, -0.2) is 0 Å². The molecule has 2 heteroatoms. The van der Waals surface area contributed by atoms with E-state index in [0.29, 0.717) is 0 Å². The quantitative estimate of drug-likeness (QED) is 0.201. The maximum atomic E-state index is 5.10. The molecule has 1 atom stereocenters. The van der Waals surface area contributed by atoms with Crippen LogP contribution in [-0.4, -0.2) is 23.3 Å². The predicted octanol–water partition coefficient (Wildman–Crippen LogP) is 10.1. The Morgan fingerprint density at radius 1 is 0.512 bits per heavy atom. The summed E-state index contributed by atoms with van der Waals surface area (Å²) in [6.45, 7) is 0.821. The summed E-state index contributed by atoms with van der Waals surface area (Å²) in [5.74, 6) is 0. The van der Waals surface area contributed by atoms with Crippen LogP contribution in [0.4, 0.5) is 0 Å². The van der Waals surface area contributed by atoms with Crippen LogP contribution in [0.15, 0.2) is 157 Å². The Hall–Kier alpha value is -5.47. The van der Waals surface area contributed by atoms with Gasteiger partial charge in [0.2, 0.25) is 0 Å². The van der Waals surface area contributed by atoms with Gasteiger partial charge in [0.25, 0.3) is 0 Å². The van der Waals surface area contributed by atoms with Gasteiger partial charge in [0.05, 0.1) is 12.3 Å². The molecule has 9 rings (SSSR count). The standard InChI is InChI=1S/C41H28N2/c1-2-12-28-25-29(21-20-27(28)11-1)40-33-15-5-7-17-35(33)41(36-18-8-6-16-34(36)40)37-23-22-32(30-13-3-4-14-31(30)37)38-26-43-24-10-9-19-39(43)42-38/h1-25,39H,26H2. The first-order valence-electron chi connectivity index (χ1n) is 15.0. The van der Waals surface area contributed by atoms with E-state index in [1.54, 1.807) is 0 Å². The molecular formula is C41H28N2. The molecule has 7 aromatic rings. The molecule has 0 saturated heterocycles. The first kappa shape index (κ1) is 24.2. The van der Waals surface area contributed by atoms with Crippen LogP contribution in [-0.2, 0) is 0 Å². The number of fused-ring (bicyclic) bond motifs is 5. The lowest BCUT2D eigenvalue weighted by Crippen LogP contribution is -2.25. The van der Waals surface area contributed by atoms with Crippen molar-refractivity contribution >= 4 is 48.8 Å². The molecule has 0 aromatic heterocycles. The summed E-state index contributed by atoms with van der Waals surface area (Å²) in [6.07, 6.45) is 8.58. The molecule has 0 spiro atoms. The topological polar surface area (TPSA) is 15.6 Å². The maximum Gasteiger partial charge on any atom is 0.140 e. The van der Waals surface area contributed by atoms with E-state index >= 15 is 0 Å². The lowest BCUT2D eigenvalue weighted by molar-refractivity contribution is 0.393. The van der Waals surface area contributed by atoms with E-state index in [9.17, 15) is 0 Å². The van der Waals surface area contributed by atoms with Crippen molar-refractivity contribution in [2.75, 3.05) is 6.54 Å². The van der Waals surface area contributed by atoms with Gasteiger partial charge in [0.1, 0.15) is 6.17 Å². The zero-order valence-corrected chi connectivity index (χ0v) is 23.6. The third-order valence-corrected chi connectivity index (χ3v) is 9.11. The van der Waals surface area contributed by atoms with Crippen molar-refractivity contribution in [3.05, 3.63) is 157 Å². The summed E-state index contributed by atoms with van der Waals surface area (Å²) in [6, 6.07) is 46.8. The van der Waals surface area contributed by atoms with Crippen LogP contribution in [0.5, 0.6) is 0 Å². The third kappa shape index (κ3) is 3.77. The minimum Gasteiger partial charge on any atom is -0.347 e. The van der Waals surface area contributed by atoms with Crippen molar-refractivity contribution in [2.45, 2.75) is 6.17 Å². The molecule has 2 aliphatic heterocycles. The van der Waals surface area contributed by atoms with Gasteiger partial charge in [-0.3, -0.25) is 4.99 Å². The van der Waals surface area contributed by atoms with Gasteiger partial charge in [-0.1, -0.05) is 127 Å². The number of hydrogen-bond acceptors (Lipinski definition) is 2. The predicted molar refractivity (Wildman–Crippen MR) is 183 cm³/mol. The number of nitrogens with zero attached hydrogens (tertiary/aromatic N) is 2. The van der Waals surface area contributed by atoms with E-state index < -0.39 is 0 Å². The van der Waals surface area contributed by atoms with Gasteiger partial charge >= 0.3 is 0 Å². The van der Waals surface area contributed by atoms with Crippen LogP contribution in [0.2, 0.25) is 0 Å². The zero-order valence-electron chi connectivity index (χ0n) is 23.6. The number of allylic oxidation sites excluding steroid dienone is 2. The fourth-order valence-corrected chi connectivity index (χ4v) is 7.16. The lowest BCUT2D eigenvalue weighted by Gasteiger charge is -2.20. The molecular weight excluding hydrogens is 520 g/mol. The third-order valence-electron chi connectivity index (χ3n) is 9.11. The van der Waals surface area contributed by atoms with E-state index in [1.807, 2.05) is 0 Å². The largest absolute Gasteiger partial charge is 0.347 e. The molecule has 0 N–H and O–H groups in total. The average Bonchev–Trinajstić information content (AvgIpc) is 3.51. The Morgan fingerprint density at radius 2 is 1.09 bits per heavy atom. The summed E-state index contributed by atoms with van der Waals surface area (Å²) in [5, 5.41) is 10.1. The van der Waals surface area contributed by atoms with Crippen LogP contribution < -0.4 is 0 Å². The molecule has 0 saturated carbocycles. The molecule has 2 aliphatic rings. The van der Waals surface area contributed by atoms with Gasteiger partial charge in [0.15, 0.2) is 0 Å². The Morgan fingerprint density at radius 3 is 1.79 bits per heavy atom. The molecule has 1 unspecified atom stereocenters. The Labute approximate surface area is 250 Å². The molecule has 7 aromatic carbocycles. The zero-order chi connectivity index (χ0) is 28.3. The minimum atomic E-state index is 0.0916. The molecule has 0 radical (unpaired) electrons. The van der Waals surface area contributed by atoms with E-state index in [2.05, 4.69) is 157 Å². The van der Waals surface area contributed by atoms with Crippen LogP contribution in [0.3, 0.4) is 0 Å². The number of benzene rings is 7. The SMILES string of the molecule is C1=CC2N=C(c3ccc(-c4c5ccccc5c(-c5ccc6ccccc6c5)c5ccccc45)c4ccccc34)CN2C=C1. The average molecular weight is 549 g/mol. The molecule has 202 valence electrons. The fourth-order valence-electron chi connectivity index (χ4n) is 7.16. The van der Waals surface area contributed by atoms with Gasteiger partial charge in [-0.05, 0) is 83.6 Å². The highest BCUT2D eigenvalue weighted by molar-refractivity contribution is 6.25. The summed E-state index contributed by atoms with van der Waals surface area (Å²) in [4.78, 5) is 7.40. The van der Waals surface area contributed by atoms with Crippen molar-refractivity contribution in [1.29, 1.82) is 0 Å². The molecule has 2 heterocycles. The van der Waals surface area contributed by atoms with Crippen molar-refractivity contribution < 1.29 is 0 Å². The number of rotatable bonds is 3. The van der Waals surface area contributed by atoms with Crippen molar-refractivity contribution in [3.63, 3.8) is 0 Å². The normalized spacial score (nSPS) is 16.0. The highest BCUT2D eigenvalue weighted by Crippen LogP contribution is 2.46. The molecule has 0 aliphatic carbocycles. The smallest absolute Gasteiger partial charge is 0.140 e. The van der Waals surface area contributed by atoms with Crippen LogP contribution in [0.1, 0.15) is 5.56 Å². The Bertz CT molecular complexity index is 2280. The van der Waals surface area contributed by atoms with Crippen molar-refractivity contribution in [2.24, 2.45) is 4.99 Å². The van der Waals surface area contributed by atoms with E-state index in [1.165, 1.54) is 70.9 Å². The van der Waals surface area contributed by atoms with E-state index in [4.69, 9.17) is 4.99 Å². The molecule has 0 amide bonds. The monoisotopic (exact) mass is 548 g/mol. The number of hydrogen-bond donors (Lipinski definition) is 0. The van der Waals surface area contributed by atoms with Gasteiger partial charge in [-0.15, -0.1) is 0 Å². The highest BCUT2D eigenvalue weighted by Gasteiger charge is 2.26. The summed E-state index contributed by atoms with van der Waals surface area (Å²) < 4.78 is 0. The molecule has 0 fully saturated rings. The van der Waals surface area contributed by atoms with E-state index in [-0.39, 0.29) is 6.17 Å². The Kier molecular flexibility index (Phi) is 5.36. The molecule has 2 nitrogen and oxygen atoms in total. The summed E-state index contributed by atoms with van der Waals surface area (Å²) in [7, 11) is 0. The van der Waals surface area contributed by atoms with E-state index in [0.717, 1.165) is 12.3 Å². The Balaban J connectivity index is 1.32. The summed E-state index contributed by atoms with van der Waals surface area (Å²) >= 11 is 0. The number of aliphatic imine (C=N–C) groups is 1. The molecule has 0 bridgehead atoms. The second-order valence-corrected chi connectivity index (χ2v) is 11.5. The first-order chi connectivity index (χ1) is 21.3. The van der Waals surface area contributed by atoms with Gasteiger partial charge in [0, 0.05) is 11.8 Å². The van der Waals surface area contributed by atoms with Gasteiger partial charge < -0.3 is 4.90 Å². The van der Waals surface area contributed by atoms with Crippen LogP contribution >= 0.6 is 0 Å². The minimum absolute atomic E-state index is 0.0916. The summed E-state index contributed by atoms with van der Waals surface area (Å²) in [5.41, 5.74) is 7.45.